The summed E-state index contributed by atoms with van der Waals surface area (Å²) in [4.78, 5) is 11.0. The molecule has 0 saturated heterocycles. The molecular weight excluding hydrogens is 320 g/mol. The molecule has 23 heavy (non-hydrogen) atoms. The number of hydrogen-bond donors (Lipinski definition) is 3. The van der Waals surface area contributed by atoms with E-state index >= 15 is 0 Å². The highest BCUT2D eigenvalue weighted by Gasteiger charge is 2.26. The number of benzene rings is 1. The third-order valence-electron chi connectivity index (χ3n) is 3.94. The first-order valence-corrected chi connectivity index (χ1v) is 9.33. The Morgan fingerprint density at radius 1 is 1.26 bits per heavy atom. The quantitative estimate of drug-likeness (QED) is 0.731. The van der Waals surface area contributed by atoms with Gasteiger partial charge in [0.15, 0.2) is 0 Å². The van der Waals surface area contributed by atoms with Gasteiger partial charge in [0, 0.05) is 6.04 Å². The molecule has 0 radical (unpaired) electrons. The van der Waals surface area contributed by atoms with Gasteiger partial charge in [-0.25, -0.2) is 8.42 Å². The van der Waals surface area contributed by atoms with Gasteiger partial charge in [-0.05, 0) is 43.9 Å². The first-order chi connectivity index (χ1) is 10.8. The summed E-state index contributed by atoms with van der Waals surface area (Å²) in [5.74, 6) is -0.391. The van der Waals surface area contributed by atoms with Gasteiger partial charge in [-0.3, -0.25) is 9.52 Å². The Kier molecular flexibility index (Phi) is 5.35. The van der Waals surface area contributed by atoms with E-state index in [1.54, 1.807) is 25.3 Å². The highest BCUT2D eigenvalue weighted by Crippen LogP contribution is 2.32. The Balaban J connectivity index is 2.09. The monoisotopic (exact) mass is 342 g/mol. The molecule has 0 heterocycles. The van der Waals surface area contributed by atoms with Gasteiger partial charge < -0.3 is 15.2 Å². The van der Waals surface area contributed by atoms with Crippen LogP contribution in [0.2, 0.25) is 0 Å². The van der Waals surface area contributed by atoms with Crippen LogP contribution in [0.3, 0.4) is 0 Å². The minimum absolute atomic E-state index is 0.146. The molecule has 0 aliphatic heterocycles. The summed E-state index contributed by atoms with van der Waals surface area (Å²) in [5, 5.41) is 12.4. The topological polar surface area (TPSA) is 105 Å². The molecule has 0 bridgehead atoms. The van der Waals surface area contributed by atoms with E-state index in [1.165, 1.54) is 0 Å². The number of sulfonamides is 1. The van der Waals surface area contributed by atoms with E-state index in [2.05, 4.69) is 10.0 Å². The molecule has 0 atom stereocenters. The SMILES string of the molecule is COc1ccc(NS(C)(=O)=O)cc1NC1CCC(C(=O)O)CC1. The van der Waals surface area contributed by atoms with Crippen molar-refractivity contribution < 1.29 is 23.1 Å². The minimum Gasteiger partial charge on any atom is -0.495 e. The number of carbonyl (C=O) groups is 1. The minimum atomic E-state index is -3.35. The molecule has 1 aliphatic rings. The molecule has 0 amide bonds. The van der Waals surface area contributed by atoms with E-state index in [1.807, 2.05) is 0 Å². The number of methoxy groups -OCH3 is 1. The van der Waals surface area contributed by atoms with Crippen LogP contribution in [0.25, 0.3) is 0 Å². The number of aliphatic carboxylic acids is 1. The van der Waals surface area contributed by atoms with Crippen LogP contribution in [-0.2, 0) is 14.8 Å². The fraction of sp³-hybridized carbons (Fsp3) is 0.533. The summed E-state index contributed by atoms with van der Waals surface area (Å²) < 4.78 is 30.4. The maximum atomic E-state index is 11.3. The second-order valence-electron chi connectivity index (χ2n) is 5.82. The molecule has 1 aromatic rings. The van der Waals surface area contributed by atoms with Crippen LogP contribution in [0.1, 0.15) is 25.7 Å². The maximum Gasteiger partial charge on any atom is 0.306 e. The molecule has 128 valence electrons. The van der Waals surface area contributed by atoms with Crippen molar-refractivity contribution in [1.29, 1.82) is 0 Å². The van der Waals surface area contributed by atoms with Crippen molar-refractivity contribution >= 4 is 27.4 Å². The van der Waals surface area contributed by atoms with Gasteiger partial charge in [-0.15, -0.1) is 0 Å². The number of nitrogens with one attached hydrogen (secondary N) is 2. The Morgan fingerprint density at radius 3 is 2.43 bits per heavy atom. The summed E-state index contributed by atoms with van der Waals surface area (Å²) in [6, 6.07) is 5.15. The van der Waals surface area contributed by atoms with Crippen LogP contribution in [0.4, 0.5) is 11.4 Å². The van der Waals surface area contributed by atoms with E-state index in [-0.39, 0.29) is 12.0 Å². The average Bonchev–Trinajstić information content (AvgIpc) is 2.46. The normalized spacial score (nSPS) is 21.5. The lowest BCUT2D eigenvalue weighted by Crippen LogP contribution is -2.29. The Bertz CT molecular complexity index is 666. The Hall–Kier alpha value is -1.96. The molecule has 0 aromatic heterocycles. The van der Waals surface area contributed by atoms with E-state index < -0.39 is 16.0 Å². The zero-order chi connectivity index (χ0) is 17.0. The van der Waals surface area contributed by atoms with Gasteiger partial charge >= 0.3 is 5.97 Å². The third kappa shape index (κ3) is 5.02. The van der Waals surface area contributed by atoms with Gasteiger partial charge in [-0.1, -0.05) is 0 Å². The fourth-order valence-corrected chi connectivity index (χ4v) is 3.36. The van der Waals surface area contributed by atoms with Gasteiger partial charge in [0.1, 0.15) is 5.75 Å². The van der Waals surface area contributed by atoms with Crippen LogP contribution in [-0.4, -0.2) is 38.9 Å². The zero-order valence-electron chi connectivity index (χ0n) is 13.2. The molecule has 1 fully saturated rings. The molecular formula is C15H22N2O5S. The summed E-state index contributed by atoms with van der Waals surface area (Å²) in [7, 11) is -1.80. The van der Waals surface area contributed by atoms with Crippen molar-refractivity contribution in [2.24, 2.45) is 5.92 Å². The largest absolute Gasteiger partial charge is 0.495 e. The summed E-state index contributed by atoms with van der Waals surface area (Å²) in [6.07, 6.45) is 3.87. The first-order valence-electron chi connectivity index (χ1n) is 7.43. The molecule has 8 heteroatoms. The van der Waals surface area contributed by atoms with E-state index in [9.17, 15) is 13.2 Å². The van der Waals surface area contributed by atoms with Crippen molar-refractivity contribution in [3.05, 3.63) is 18.2 Å². The number of rotatable bonds is 6. The number of carboxylic acid groups (broad SMARTS) is 1. The van der Waals surface area contributed by atoms with E-state index in [0.29, 0.717) is 30.0 Å². The van der Waals surface area contributed by atoms with Gasteiger partial charge in [0.2, 0.25) is 10.0 Å². The molecule has 3 N–H and O–H groups in total. The zero-order valence-corrected chi connectivity index (χ0v) is 14.0. The molecule has 2 rings (SSSR count). The summed E-state index contributed by atoms with van der Waals surface area (Å²) >= 11 is 0. The highest BCUT2D eigenvalue weighted by molar-refractivity contribution is 7.92. The Labute approximate surface area is 136 Å². The first kappa shape index (κ1) is 17.4. The van der Waals surface area contributed by atoms with Crippen molar-refractivity contribution in [3.63, 3.8) is 0 Å². The molecule has 7 nitrogen and oxygen atoms in total. The second-order valence-corrected chi connectivity index (χ2v) is 7.57. The molecule has 0 unspecified atom stereocenters. The maximum absolute atomic E-state index is 11.3. The number of ether oxygens (including phenoxy) is 1. The predicted molar refractivity (Wildman–Crippen MR) is 88.5 cm³/mol. The Morgan fingerprint density at radius 2 is 1.91 bits per heavy atom. The lowest BCUT2D eigenvalue weighted by molar-refractivity contribution is -0.142. The van der Waals surface area contributed by atoms with Crippen molar-refractivity contribution in [1.82, 2.24) is 0 Å². The van der Waals surface area contributed by atoms with Crippen LogP contribution in [0, 0.1) is 5.92 Å². The van der Waals surface area contributed by atoms with Crippen LogP contribution < -0.4 is 14.8 Å². The smallest absolute Gasteiger partial charge is 0.306 e. The van der Waals surface area contributed by atoms with Crippen molar-refractivity contribution in [3.8, 4) is 5.75 Å². The summed E-state index contributed by atoms with van der Waals surface area (Å²) in [5.41, 5.74) is 1.15. The number of carboxylic acids is 1. The molecule has 1 saturated carbocycles. The number of hydrogen-bond acceptors (Lipinski definition) is 5. The van der Waals surface area contributed by atoms with E-state index in [4.69, 9.17) is 9.84 Å². The predicted octanol–water partition coefficient (Wildman–Crippen LogP) is 2.12. The fourth-order valence-electron chi connectivity index (χ4n) is 2.80. The number of anilines is 2. The van der Waals surface area contributed by atoms with Crippen molar-refractivity contribution in [2.45, 2.75) is 31.7 Å². The van der Waals surface area contributed by atoms with Gasteiger partial charge in [-0.2, -0.15) is 0 Å². The van der Waals surface area contributed by atoms with Gasteiger partial charge in [0.05, 0.1) is 30.7 Å². The second kappa shape index (κ2) is 7.08. The van der Waals surface area contributed by atoms with Gasteiger partial charge in [0.25, 0.3) is 0 Å². The molecule has 0 spiro atoms. The van der Waals surface area contributed by atoms with Crippen molar-refractivity contribution in [2.75, 3.05) is 23.4 Å². The van der Waals surface area contributed by atoms with Crippen LogP contribution in [0.5, 0.6) is 5.75 Å². The summed E-state index contributed by atoms with van der Waals surface area (Å²) in [6.45, 7) is 0. The standard InChI is InChI=1S/C15H22N2O5S/c1-22-14-8-7-12(17-23(2,20)21)9-13(14)16-11-5-3-10(4-6-11)15(18)19/h7-11,16-17H,3-6H2,1-2H3,(H,18,19). The third-order valence-corrected chi connectivity index (χ3v) is 4.55. The molecule has 1 aliphatic carbocycles. The van der Waals surface area contributed by atoms with E-state index in [0.717, 1.165) is 19.1 Å². The highest BCUT2D eigenvalue weighted by atomic mass is 32.2. The average molecular weight is 342 g/mol. The van der Waals surface area contributed by atoms with Crippen LogP contribution in [0.15, 0.2) is 18.2 Å². The lowest BCUT2D eigenvalue weighted by atomic mass is 9.86. The lowest BCUT2D eigenvalue weighted by Gasteiger charge is -2.28. The van der Waals surface area contributed by atoms with Crippen LogP contribution >= 0.6 is 0 Å². The molecule has 1 aromatic carbocycles.